The Morgan fingerprint density at radius 2 is 1.62 bits per heavy atom. The summed E-state index contributed by atoms with van der Waals surface area (Å²) < 4.78 is 26.8. The van der Waals surface area contributed by atoms with E-state index in [1.807, 2.05) is 6.07 Å². The number of rotatable bonds is 20. The number of likely N-dealkylation sites (tertiary alicyclic amines) is 1. The van der Waals surface area contributed by atoms with Gasteiger partial charge in [-0.1, -0.05) is 12.1 Å². The highest BCUT2D eigenvalue weighted by atomic mass is 16.6. The summed E-state index contributed by atoms with van der Waals surface area (Å²) in [6.07, 6.45) is 1.35. The molecule has 52 heavy (non-hydrogen) atoms. The lowest BCUT2D eigenvalue weighted by molar-refractivity contribution is -0.142. The Bertz CT molecular complexity index is 1530. The fourth-order valence-electron chi connectivity index (χ4n) is 5.09. The van der Waals surface area contributed by atoms with Crippen molar-refractivity contribution < 1.29 is 52.5 Å². The number of aromatic nitrogens is 1. The molecule has 1 aliphatic rings. The number of carbonyl (C=O) groups is 6. The van der Waals surface area contributed by atoms with Crippen molar-refractivity contribution in [3.63, 3.8) is 0 Å². The molecular formula is C35H50N6O11. The summed E-state index contributed by atoms with van der Waals surface area (Å²) in [5, 5.41) is 8.30. The molecule has 1 aromatic carbocycles. The maximum absolute atomic E-state index is 13.2. The monoisotopic (exact) mass is 730 g/mol. The van der Waals surface area contributed by atoms with Crippen LogP contribution in [0.2, 0.25) is 0 Å². The molecule has 1 aromatic heterocycles. The van der Waals surface area contributed by atoms with E-state index in [1.54, 1.807) is 45.0 Å². The van der Waals surface area contributed by atoms with Gasteiger partial charge in [-0.25, -0.2) is 9.59 Å². The molecule has 1 fully saturated rings. The minimum atomic E-state index is -1.30. The Morgan fingerprint density at radius 1 is 0.942 bits per heavy atom. The Labute approximate surface area is 302 Å². The number of ether oxygens (including phenoxy) is 5. The van der Waals surface area contributed by atoms with Crippen LogP contribution < -0.4 is 26.4 Å². The molecule has 5 N–H and O–H groups in total. The number of fused-ring (bicyclic) bond motifs is 1. The standard InChI is InChI=1S/C35H50N6O11/c1-23(33(46)51-28-11-13-37-25-9-6-5-8-24(25)28)39-32(45)27-10-7-15-41(27)30(43)22-26(31(36)44)40-29(42)12-16-48-18-20-50-21-19-49-17-14-38-34(47)52-35(2,3)4/h5-6,8-9,11,13,23,26-27H,7,10,12,14-22H2,1-4H3,(H2,36,44)(H,38,47)(H,39,45)(H,40,42)/t23-,26-,27-/m0/s1. The van der Waals surface area contributed by atoms with Gasteiger partial charge in [-0.15, -0.1) is 0 Å². The second-order valence-corrected chi connectivity index (χ2v) is 13.0. The number of para-hydroxylation sites is 1. The average molecular weight is 731 g/mol. The fourth-order valence-corrected chi connectivity index (χ4v) is 5.09. The minimum Gasteiger partial charge on any atom is -0.444 e. The number of nitrogens with zero attached hydrogens (tertiary/aromatic N) is 2. The molecule has 3 atom stereocenters. The van der Waals surface area contributed by atoms with Crippen molar-refractivity contribution in [2.45, 2.75) is 77.1 Å². The molecular weight excluding hydrogens is 680 g/mol. The van der Waals surface area contributed by atoms with Gasteiger partial charge in [-0.3, -0.25) is 24.2 Å². The smallest absolute Gasteiger partial charge is 0.407 e. The van der Waals surface area contributed by atoms with Crippen molar-refractivity contribution in [2.24, 2.45) is 5.73 Å². The fraction of sp³-hybridized carbons (Fsp3) is 0.571. The molecule has 5 amide bonds. The molecule has 3 rings (SSSR count). The lowest BCUT2D eigenvalue weighted by Gasteiger charge is -2.26. The number of primary amides is 1. The number of benzene rings is 1. The molecule has 2 aromatic rings. The third-order valence-electron chi connectivity index (χ3n) is 7.60. The normalized spacial score (nSPS) is 15.4. The summed E-state index contributed by atoms with van der Waals surface area (Å²) in [6.45, 7) is 8.77. The first kappa shape index (κ1) is 41.5. The zero-order valence-corrected chi connectivity index (χ0v) is 30.1. The third-order valence-corrected chi connectivity index (χ3v) is 7.60. The summed E-state index contributed by atoms with van der Waals surface area (Å²) in [6, 6.07) is 5.51. The van der Waals surface area contributed by atoms with Crippen LogP contribution in [0.3, 0.4) is 0 Å². The van der Waals surface area contributed by atoms with Gasteiger partial charge >= 0.3 is 12.1 Å². The van der Waals surface area contributed by atoms with Gasteiger partial charge in [-0.05, 0) is 58.7 Å². The van der Waals surface area contributed by atoms with Crippen LogP contribution in [-0.4, -0.2) is 122 Å². The number of pyridine rings is 1. The zero-order valence-electron chi connectivity index (χ0n) is 30.1. The highest BCUT2D eigenvalue weighted by Gasteiger charge is 2.37. The number of hydrogen-bond donors (Lipinski definition) is 4. The van der Waals surface area contributed by atoms with Crippen LogP contribution in [-0.2, 0) is 42.9 Å². The molecule has 0 bridgehead atoms. The van der Waals surface area contributed by atoms with Crippen molar-refractivity contribution >= 4 is 46.6 Å². The van der Waals surface area contributed by atoms with E-state index < -0.39 is 65.8 Å². The van der Waals surface area contributed by atoms with Gasteiger partial charge in [0.1, 0.15) is 29.5 Å². The van der Waals surface area contributed by atoms with E-state index in [4.69, 9.17) is 29.4 Å². The van der Waals surface area contributed by atoms with Gasteiger partial charge in [0.15, 0.2) is 0 Å². The van der Waals surface area contributed by atoms with Gasteiger partial charge in [0.05, 0.1) is 51.6 Å². The molecule has 17 nitrogen and oxygen atoms in total. The number of hydrogen-bond acceptors (Lipinski definition) is 12. The van der Waals surface area contributed by atoms with E-state index in [9.17, 15) is 28.8 Å². The predicted octanol–water partition coefficient (Wildman–Crippen LogP) is 0.961. The topological polar surface area (TPSA) is 227 Å². The maximum atomic E-state index is 13.2. The maximum Gasteiger partial charge on any atom is 0.407 e. The van der Waals surface area contributed by atoms with Crippen molar-refractivity contribution in [2.75, 3.05) is 52.7 Å². The van der Waals surface area contributed by atoms with E-state index in [-0.39, 0.29) is 32.8 Å². The third kappa shape index (κ3) is 14.4. The summed E-state index contributed by atoms with van der Waals surface area (Å²) in [4.78, 5) is 80.9. The van der Waals surface area contributed by atoms with Crippen molar-refractivity contribution in [1.82, 2.24) is 25.8 Å². The number of carbonyl (C=O) groups excluding carboxylic acids is 6. The van der Waals surface area contributed by atoms with Crippen LogP contribution in [0.15, 0.2) is 36.5 Å². The number of amides is 5. The molecule has 0 spiro atoms. The highest BCUT2D eigenvalue weighted by Crippen LogP contribution is 2.24. The zero-order chi connectivity index (χ0) is 38.1. The molecule has 0 aliphatic carbocycles. The van der Waals surface area contributed by atoms with Gasteiger partial charge < -0.3 is 50.3 Å². The number of nitrogens with two attached hydrogens (primary N) is 1. The SMILES string of the molecule is C[C@H](NC(=O)[C@@H]1CCCN1C(=O)C[C@H](NC(=O)CCOCCOCCOCCNC(=O)OC(C)(C)C)C(N)=O)C(=O)Oc1ccnc2ccccc12. The summed E-state index contributed by atoms with van der Waals surface area (Å²) in [7, 11) is 0. The quantitative estimate of drug-likeness (QED) is 0.110. The first-order valence-electron chi connectivity index (χ1n) is 17.2. The van der Waals surface area contributed by atoms with Crippen LogP contribution in [0.25, 0.3) is 10.9 Å². The molecule has 17 heteroatoms. The highest BCUT2D eigenvalue weighted by molar-refractivity contribution is 5.95. The first-order chi connectivity index (χ1) is 24.7. The van der Waals surface area contributed by atoms with Gasteiger partial charge in [0, 0.05) is 31.1 Å². The van der Waals surface area contributed by atoms with Crippen LogP contribution in [0.4, 0.5) is 4.79 Å². The number of alkyl carbamates (subject to hydrolysis) is 1. The van der Waals surface area contributed by atoms with E-state index in [2.05, 4.69) is 20.9 Å². The first-order valence-corrected chi connectivity index (χ1v) is 17.2. The minimum absolute atomic E-state index is 0.0355. The van der Waals surface area contributed by atoms with Gasteiger partial charge in [0.25, 0.3) is 0 Å². The molecule has 286 valence electrons. The van der Waals surface area contributed by atoms with Gasteiger partial charge in [0.2, 0.25) is 23.6 Å². The summed E-state index contributed by atoms with van der Waals surface area (Å²) >= 11 is 0. The Kier molecular flexibility index (Phi) is 16.7. The van der Waals surface area contributed by atoms with Crippen molar-refractivity contribution in [1.29, 1.82) is 0 Å². The van der Waals surface area contributed by atoms with Crippen LogP contribution in [0, 0.1) is 0 Å². The second-order valence-electron chi connectivity index (χ2n) is 13.0. The summed E-state index contributed by atoms with van der Waals surface area (Å²) in [5.41, 5.74) is 5.55. The molecule has 0 saturated carbocycles. The molecule has 0 unspecified atom stereocenters. The second kappa shape index (κ2) is 20.8. The predicted molar refractivity (Wildman–Crippen MR) is 187 cm³/mol. The molecule has 2 heterocycles. The Hall–Kier alpha value is -4.87. The van der Waals surface area contributed by atoms with Crippen molar-refractivity contribution in [3.05, 3.63) is 36.5 Å². The van der Waals surface area contributed by atoms with Crippen molar-refractivity contribution in [3.8, 4) is 5.75 Å². The van der Waals surface area contributed by atoms with E-state index >= 15 is 0 Å². The van der Waals surface area contributed by atoms with Gasteiger partial charge in [-0.2, -0.15) is 0 Å². The van der Waals surface area contributed by atoms with Crippen LogP contribution in [0.5, 0.6) is 5.75 Å². The molecule has 1 saturated heterocycles. The van der Waals surface area contributed by atoms with E-state index in [0.717, 1.165) is 0 Å². The van der Waals surface area contributed by atoms with Crippen LogP contribution >= 0.6 is 0 Å². The molecule has 1 aliphatic heterocycles. The van der Waals surface area contributed by atoms with E-state index in [1.165, 1.54) is 18.0 Å². The number of nitrogens with one attached hydrogen (secondary N) is 3. The average Bonchev–Trinajstić information content (AvgIpc) is 3.58. The van der Waals surface area contributed by atoms with Crippen LogP contribution in [0.1, 0.15) is 53.4 Å². The Morgan fingerprint density at radius 3 is 2.31 bits per heavy atom. The number of esters is 1. The molecule has 0 radical (unpaired) electrons. The van der Waals surface area contributed by atoms with E-state index in [0.29, 0.717) is 55.9 Å². The Balaban J connectivity index is 1.32. The lowest BCUT2D eigenvalue weighted by atomic mass is 10.1. The summed E-state index contributed by atoms with van der Waals surface area (Å²) in [5.74, 6) is -2.93. The lowest BCUT2D eigenvalue weighted by Crippen LogP contribution is -2.53. The largest absolute Gasteiger partial charge is 0.444 e.